The average Bonchev–Trinajstić information content (AvgIpc) is 3.26. The normalized spacial score (nSPS) is 26.8. The van der Waals surface area contributed by atoms with Gasteiger partial charge in [-0.05, 0) is 78.9 Å². The summed E-state index contributed by atoms with van der Waals surface area (Å²) in [4.78, 5) is 29.3. The summed E-state index contributed by atoms with van der Waals surface area (Å²) in [6, 6.07) is 11.6. The second-order valence-corrected chi connectivity index (χ2v) is 12.9. The number of ether oxygens (including phenoxy) is 1. The van der Waals surface area contributed by atoms with Gasteiger partial charge in [0, 0.05) is 18.5 Å². The molecule has 8 heteroatoms. The van der Waals surface area contributed by atoms with Crippen LogP contribution in [0.4, 0.5) is 0 Å². The van der Waals surface area contributed by atoms with Crippen molar-refractivity contribution in [2.24, 2.45) is 17.8 Å². The molecule has 2 heterocycles. The van der Waals surface area contributed by atoms with Crippen molar-refractivity contribution in [1.82, 2.24) is 4.90 Å². The summed E-state index contributed by atoms with van der Waals surface area (Å²) in [7, 11) is 0.690. The predicted octanol–water partition coefficient (Wildman–Crippen LogP) is 6.29. The third-order valence-electron chi connectivity index (χ3n) is 10.2. The SMILES string of the molecule is CCC/C(=C\c1ccc(O)c2ccccc12)CC[C@H]1OB(O)C[C@H]2C1=C(COC)C[C@H]1C(=O)N(C3CCCCC3)C(=O)[C@H]12. The van der Waals surface area contributed by atoms with Crippen molar-refractivity contribution < 1.29 is 29.1 Å². The standard InChI is InChI=1S/C35H44BNO6/c1-3-9-22(18-23-15-16-30(38)27-13-8-7-12-26(23)27)14-17-31-32-24(21-42-2)19-28-33(29(32)20-36(41)43-31)35(40)37(34(28)39)25-10-5-4-6-11-25/h7-8,12-13,15-16,18,25,28-29,31,33,38,41H,3-6,9-11,14,17,19-21H2,1-2H3/b22-18+/t28-,29+,31-,33-/m1/s1. The Morgan fingerprint density at radius 1 is 1.05 bits per heavy atom. The van der Waals surface area contributed by atoms with Crippen LogP contribution in [0.1, 0.15) is 76.7 Å². The smallest absolute Gasteiger partial charge is 0.455 e. The molecule has 2 aromatic rings. The van der Waals surface area contributed by atoms with Gasteiger partial charge in [0.05, 0.1) is 24.5 Å². The van der Waals surface area contributed by atoms with E-state index in [9.17, 15) is 19.7 Å². The van der Waals surface area contributed by atoms with E-state index in [-0.39, 0.29) is 41.5 Å². The zero-order valence-electron chi connectivity index (χ0n) is 25.5. The molecule has 228 valence electrons. The summed E-state index contributed by atoms with van der Waals surface area (Å²) in [5.41, 5.74) is 4.47. The highest BCUT2D eigenvalue weighted by Gasteiger charge is 2.58. The molecule has 2 aromatic carbocycles. The number of phenolic OH excluding ortho intramolecular Hbond substituents is 1. The third kappa shape index (κ3) is 5.82. The van der Waals surface area contributed by atoms with Crippen LogP contribution in [0, 0.1) is 17.8 Å². The summed E-state index contributed by atoms with van der Waals surface area (Å²) in [6.45, 7) is 2.56. The van der Waals surface area contributed by atoms with E-state index in [2.05, 4.69) is 13.0 Å². The molecular weight excluding hydrogens is 541 g/mol. The van der Waals surface area contributed by atoms with Gasteiger partial charge in [0.15, 0.2) is 0 Å². The van der Waals surface area contributed by atoms with E-state index in [0.29, 0.717) is 25.8 Å². The van der Waals surface area contributed by atoms with Crippen LogP contribution < -0.4 is 0 Å². The van der Waals surface area contributed by atoms with Crippen molar-refractivity contribution in [2.45, 2.75) is 89.6 Å². The fourth-order valence-corrected chi connectivity index (χ4v) is 8.35. The lowest BCUT2D eigenvalue weighted by atomic mass is 9.58. The quantitative estimate of drug-likeness (QED) is 0.204. The maximum atomic E-state index is 14.0. The van der Waals surface area contributed by atoms with E-state index >= 15 is 0 Å². The number of likely N-dealkylation sites (tertiary alicyclic amines) is 1. The summed E-state index contributed by atoms with van der Waals surface area (Å²) in [5.74, 6) is -0.823. The Morgan fingerprint density at radius 3 is 2.56 bits per heavy atom. The Kier molecular flexibility index (Phi) is 9.08. The van der Waals surface area contributed by atoms with Crippen molar-refractivity contribution in [1.29, 1.82) is 0 Å². The van der Waals surface area contributed by atoms with Gasteiger partial charge in [-0.3, -0.25) is 14.5 Å². The highest BCUT2D eigenvalue weighted by Crippen LogP contribution is 2.51. The van der Waals surface area contributed by atoms with Gasteiger partial charge in [-0.2, -0.15) is 0 Å². The number of carbonyl (C=O) groups excluding carboxylic acids is 2. The second kappa shape index (κ2) is 13.0. The molecule has 6 rings (SSSR count). The molecule has 2 aliphatic carbocycles. The minimum atomic E-state index is -0.979. The minimum Gasteiger partial charge on any atom is -0.507 e. The number of fused-ring (bicyclic) bond motifs is 4. The molecule has 0 unspecified atom stereocenters. The number of methoxy groups -OCH3 is 1. The molecule has 2 aliphatic heterocycles. The van der Waals surface area contributed by atoms with Gasteiger partial charge in [0.1, 0.15) is 5.75 Å². The molecule has 0 aromatic heterocycles. The van der Waals surface area contributed by atoms with Gasteiger partial charge < -0.3 is 19.5 Å². The number of phenols is 1. The zero-order chi connectivity index (χ0) is 30.1. The topological polar surface area (TPSA) is 96.3 Å². The number of benzene rings is 2. The molecule has 2 saturated heterocycles. The van der Waals surface area contributed by atoms with Gasteiger partial charge >= 0.3 is 7.12 Å². The van der Waals surface area contributed by atoms with Gasteiger partial charge in [-0.15, -0.1) is 0 Å². The van der Waals surface area contributed by atoms with Crippen LogP contribution in [-0.4, -0.2) is 59.8 Å². The molecule has 0 bridgehead atoms. The lowest BCUT2D eigenvalue weighted by Gasteiger charge is -2.43. The monoisotopic (exact) mass is 585 g/mol. The van der Waals surface area contributed by atoms with E-state index in [1.165, 1.54) is 5.57 Å². The lowest BCUT2D eigenvalue weighted by Crippen LogP contribution is -2.47. The first kappa shape index (κ1) is 30.1. The Morgan fingerprint density at radius 2 is 1.81 bits per heavy atom. The Hall–Kier alpha value is -2.94. The molecule has 2 amide bonds. The number of nitrogens with zero attached hydrogens (tertiary/aromatic N) is 1. The molecule has 2 N–H and O–H groups in total. The molecular formula is C35H44BNO6. The maximum Gasteiger partial charge on any atom is 0.455 e. The third-order valence-corrected chi connectivity index (χ3v) is 10.2. The number of rotatable bonds is 9. The average molecular weight is 586 g/mol. The molecule has 43 heavy (non-hydrogen) atoms. The van der Waals surface area contributed by atoms with Crippen molar-refractivity contribution in [2.75, 3.05) is 13.7 Å². The Labute approximate surface area is 255 Å². The fraction of sp³-hybridized carbons (Fsp3) is 0.543. The molecule has 3 fully saturated rings. The largest absolute Gasteiger partial charge is 0.507 e. The van der Waals surface area contributed by atoms with Crippen molar-refractivity contribution >= 4 is 35.8 Å². The first-order valence-electron chi connectivity index (χ1n) is 16.2. The molecule has 4 aliphatic rings. The zero-order valence-corrected chi connectivity index (χ0v) is 25.5. The first-order chi connectivity index (χ1) is 20.9. The highest BCUT2D eigenvalue weighted by molar-refractivity contribution is 6.43. The Bertz CT molecular complexity index is 1430. The summed E-state index contributed by atoms with van der Waals surface area (Å²) in [5, 5.41) is 23.2. The number of hydrogen-bond acceptors (Lipinski definition) is 6. The molecule has 4 atom stereocenters. The van der Waals surface area contributed by atoms with Crippen LogP contribution >= 0.6 is 0 Å². The van der Waals surface area contributed by atoms with Gasteiger partial charge in [0.2, 0.25) is 11.8 Å². The molecule has 7 nitrogen and oxygen atoms in total. The van der Waals surface area contributed by atoms with Crippen LogP contribution in [0.15, 0.2) is 53.1 Å². The van der Waals surface area contributed by atoms with Gasteiger partial charge in [-0.25, -0.2) is 0 Å². The van der Waals surface area contributed by atoms with Gasteiger partial charge in [0.25, 0.3) is 0 Å². The van der Waals surface area contributed by atoms with E-state index in [0.717, 1.165) is 78.8 Å². The van der Waals surface area contributed by atoms with Crippen LogP contribution in [0.2, 0.25) is 6.32 Å². The van der Waals surface area contributed by atoms with Crippen LogP contribution in [0.25, 0.3) is 16.8 Å². The summed E-state index contributed by atoms with van der Waals surface area (Å²) >= 11 is 0. The summed E-state index contributed by atoms with van der Waals surface area (Å²) < 4.78 is 11.9. The number of aromatic hydroxyl groups is 1. The van der Waals surface area contributed by atoms with Gasteiger partial charge in [-0.1, -0.05) is 74.6 Å². The molecule has 1 saturated carbocycles. The Balaban J connectivity index is 1.28. The number of hydrogen-bond donors (Lipinski definition) is 2. The highest BCUT2D eigenvalue weighted by atomic mass is 16.5. The van der Waals surface area contributed by atoms with Crippen molar-refractivity contribution in [3.05, 3.63) is 58.7 Å². The fourth-order valence-electron chi connectivity index (χ4n) is 8.35. The summed E-state index contributed by atoms with van der Waals surface area (Å²) in [6.07, 6.45) is 11.1. The minimum absolute atomic E-state index is 0.00644. The van der Waals surface area contributed by atoms with Crippen LogP contribution in [0.3, 0.4) is 0 Å². The van der Waals surface area contributed by atoms with Crippen LogP contribution in [-0.2, 0) is 19.0 Å². The number of amides is 2. The van der Waals surface area contributed by atoms with Crippen molar-refractivity contribution in [3.8, 4) is 5.75 Å². The number of allylic oxidation sites excluding steroid dienone is 1. The maximum absolute atomic E-state index is 14.0. The van der Waals surface area contributed by atoms with E-state index < -0.39 is 13.0 Å². The van der Waals surface area contributed by atoms with Crippen LogP contribution in [0.5, 0.6) is 5.75 Å². The molecule has 0 spiro atoms. The first-order valence-corrected chi connectivity index (χ1v) is 16.2. The lowest BCUT2D eigenvalue weighted by molar-refractivity contribution is -0.143. The predicted molar refractivity (Wildman–Crippen MR) is 168 cm³/mol. The number of carbonyl (C=O) groups is 2. The van der Waals surface area contributed by atoms with Crippen molar-refractivity contribution in [3.63, 3.8) is 0 Å². The van der Waals surface area contributed by atoms with E-state index in [1.54, 1.807) is 18.1 Å². The second-order valence-electron chi connectivity index (χ2n) is 12.9. The molecule has 0 radical (unpaired) electrons. The van der Waals surface area contributed by atoms with E-state index in [1.807, 2.05) is 30.3 Å². The van der Waals surface area contributed by atoms with E-state index in [4.69, 9.17) is 9.39 Å². The number of imide groups is 1.